The fourth-order valence-corrected chi connectivity index (χ4v) is 7.07. The van der Waals surface area contributed by atoms with Crippen LogP contribution in [0.15, 0.2) is 6.20 Å². The average Bonchev–Trinajstić information content (AvgIpc) is 3.16. The van der Waals surface area contributed by atoms with Crippen LogP contribution >= 0.6 is 11.3 Å². The highest BCUT2D eigenvalue weighted by molar-refractivity contribution is 7.15. The van der Waals surface area contributed by atoms with E-state index in [0.717, 1.165) is 30.7 Å². The molecule has 4 saturated carbocycles. The van der Waals surface area contributed by atoms with Crippen molar-refractivity contribution in [2.24, 2.45) is 23.2 Å². The highest BCUT2D eigenvalue weighted by atomic mass is 32.1. The summed E-state index contributed by atoms with van der Waals surface area (Å²) in [5.41, 5.74) is 0.580. The van der Waals surface area contributed by atoms with Crippen molar-refractivity contribution in [1.29, 1.82) is 0 Å². The Balaban J connectivity index is 1.15. The molecule has 1 heterocycles. The number of nitrogens with zero attached hydrogens (tertiary/aromatic N) is 1. The minimum absolute atomic E-state index is 0.0742. The standard InChI is InChI=1S/C23H37N3O3S/c1-15(2)25-12-19(27)14-29-22-26-13-20(30-22)21(28)24-5-3-4-23-9-16-6-17(10-23)8-18(7-16)11-23/h13,15-19,25,27H,3-12,14H2,1-2H3,(H,24,28). The maximum absolute atomic E-state index is 12.4. The summed E-state index contributed by atoms with van der Waals surface area (Å²) in [5, 5.41) is 16.6. The molecule has 1 aromatic heterocycles. The number of aliphatic hydroxyl groups is 1. The molecule has 5 rings (SSSR count). The van der Waals surface area contributed by atoms with E-state index < -0.39 is 6.10 Å². The lowest BCUT2D eigenvalue weighted by Gasteiger charge is -2.57. The van der Waals surface area contributed by atoms with Gasteiger partial charge in [-0.3, -0.25) is 4.79 Å². The number of hydrogen-bond donors (Lipinski definition) is 3. The van der Waals surface area contributed by atoms with Crippen LogP contribution in [0.3, 0.4) is 0 Å². The number of amides is 1. The molecule has 4 aliphatic rings. The first-order valence-electron chi connectivity index (χ1n) is 11.7. The van der Waals surface area contributed by atoms with Crippen LogP contribution < -0.4 is 15.4 Å². The Bertz CT molecular complexity index is 685. The van der Waals surface area contributed by atoms with Crippen molar-refractivity contribution in [3.8, 4) is 5.19 Å². The first-order valence-corrected chi connectivity index (χ1v) is 12.5. The topological polar surface area (TPSA) is 83.5 Å². The Kier molecular flexibility index (Phi) is 7.00. The number of ether oxygens (including phenoxy) is 1. The number of nitrogens with one attached hydrogen (secondary N) is 2. The minimum Gasteiger partial charge on any atom is -0.467 e. The van der Waals surface area contributed by atoms with Crippen molar-refractivity contribution in [3.63, 3.8) is 0 Å². The zero-order chi connectivity index (χ0) is 21.1. The van der Waals surface area contributed by atoms with Gasteiger partial charge in [-0.15, -0.1) is 0 Å². The van der Waals surface area contributed by atoms with Gasteiger partial charge in [-0.25, -0.2) is 4.98 Å². The Hall–Kier alpha value is -1.18. The number of carbonyl (C=O) groups is 1. The summed E-state index contributed by atoms with van der Waals surface area (Å²) in [4.78, 5) is 17.2. The Morgan fingerprint density at radius 3 is 2.57 bits per heavy atom. The normalized spacial score (nSPS) is 30.6. The Morgan fingerprint density at radius 1 is 1.27 bits per heavy atom. The number of hydrogen-bond acceptors (Lipinski definition) is 6. The smallest absolute Gasteiger partial charge is 0.273 e. The zero-order valence-corrected chi connectivity index (χ0v) is 19.2. The summed E-state index contributed by atoms with van der Waals surface area (Å²) in [6.07, 6.45) is 12.0. The first-order chi connectivity index (χ1) is 14.4. The summed E-state index contributed by atoms with van der Waals surface area (Å²) in [5.74, 6) is 2.89. The van der Waals surface area contributed by atoms with Crippen molar-refractivity contribution >= 4 is 17.2 Å². The molecular formula is C23H37N3O3S. The van der Waals surface area contributed by atoms with Gasteiger partial charge in [-0.2, -0.15) is 0 Å². The van der Waals surface area contributed by atoms with Crippen LogP contribution in [-0.2, 0) is 0 Å². The van der Waals surface area contributed by atoms with E-state index in [0.29, 0.717) is 28.1 Å². The predicted octanol–water partition coefficient (Wildman–Crippen LogP) is 3.61. The maximum atomic E-state index is 12.4. The molecule has 4 fully saturated rings. The summed E-state index contributed by atoms with van der Waals surface area (Å²) in [7, 11) is 0. The molecule has 1 atom stereocenters. The van der Waals surface area contributed by atoms with Gasteiger partial charge in [-0.1, -0.05) is 25.2 Å². The fraction of sp³-hybridized carbons (Fsp3) is 0.826. The van der Waals surface area contributed by atoms with Crippen molar-refractivity contribution < 1.29 is 14.6 Å². The number of aliphatic hydroxyl groups excluding tert-OH is 1. The molecule has 0 saturated heterocycles. The van der Waals surface area contributed by atoms with E-state index in [4.69, 9.17) is 4.74 Å². The summed E-state index contributed by atoms with van der Waals surface area (Å²) in [6, 6.07) is 0.317. The molecule has 168 valence electrons. The second-order valence-electron chi connectivity index (χ2n) is 10.3. The second kappa shape index (κ2) is 9.53. The van der Waals surface area contributed by atoms with E-state index >= 15 is 0 Å². The molecule has 4 bridgehead atoms. The quantitative estimate of drug-likeness (QED) is 0.463. The second-order valence-corrected chi connectivity index (χ2v) is 11.3. The molecule has 1 unspecified atom stereocenters. The predicted molar refractivity (Wildman–Crippen MR) is 119 cm³/mol. The molecule has 4 aliphatic carbocycles. The third kappa shape index (κ3) is 5.54. The highest BCUT2D eigenvalue weighted by Gasteiger charge is 2.50. The van der Waals surface area contributed by atoms with Crippen molar-refractivity contribution in [1.82, 2.24) is 15.6 Å². The van der Waals surface area contributed by atoms with Gasteiger partial charge in [0.15, 0.2) is 0 Å². The van der Waals surface area contributed by atoms with Gasteiger partial charge in [0.1, 0.15) is 17.6 Å². The molecule has 6 nitrogen and oxygen atoms in total. The van der Waals surface area contributed by atoms with E-state index in [1.165, 1.54) is 56.3 Å². The number of aromatic nitrogens is 1. The van der Waals surface area contributed by atoms with Crippen molar-refractivity contribution in [2.45, 2.75) is 77.4 Å². The van der Waals surface area contributed by atoms with Crippen LogP contribution in [0, 0.1) is 23.2 Å². The highest BCUT2D eigenvalue weighted by Crippen LogP contribution is 2.61. The van der Waals surface area contributed by atoms with Gasteiger partial charge in [0.05, 0.1) is 6.20 Å². The molecule has 1 amide bonds. The largest absolute Gasteiger partial charge is 0.467 e. The SMILES string of the molecule is CC(C)NCC(O)COc1ncc(C(=O)NCCCC23CC4CC(CC(C4)C2)C3)s1. The maximum Gasteiger partial charge on any atom is 0.273 e. The molecule has 1 aromatic rings. The third-order valence-corrected chi connectivity index (χ3v) is 8.11. The van der Waals surface area contributed by atoms with Gasteiger partial charge in [0, 0.05) is 19.1 Å². The monoisotopic (exact) mass is 435 g/mol. The van der Waals surface area contributed by atoms with E-state index in [9.17, 15) is 9.90 Å². The van der Waals surface area contributed by atoms with Gasteiger partial charge < -0.3 is 20.5 Å². The molecule has 30 heavy (non-hydrogen) atoms. The molecule has 0 spiro atoms. The lowest BCUT2D eigenvalue weighted by Crippen LogP contribution is -2.46. The summed E-state index contributed by atoms with van der Waals surface area (Å²) in [6.45, 7) is 5.43. The van der Waals surface area contributed by atoms with Crippen LogP contribution in [0.5, 0.6) is 5.19 Å². The molecule has 7 heteroatoms. The fourth-order valence-electron chi connectivity index (χ4n) is 6.38. The lowest BCUT2D eigenvalue weighted by molar-refractivity contribution is -0.0579. The molecule has 0 aromatic carbocycles. The number of thiazole rings is 1. The first kappa shape index (κ1) is 22.0. The molecule has 0 aliphatic heterocycles. The van der Waals surface area contributed by atoms with E-state index in [2.05, 4.69) is 15.6 Å². The van der Waals surface area contributed by atoms with Crippen molar-refractivity contribution in [3.05, 3.63) is 11.1 Å². The van der Waals surface area contributed by atoms with E-state index in [-0.39, 0.29) is 12.5 Å². The molecular weight excluding hydrogens is 398 g/mol. The Labute approximate surface area is 184 Å². The average molecular weight is 436 g/mol. The summed E-state index contributed by atoms with van der Waals surface area (Å²) >= 11 is 1.24. The number of carbonyl (C=O) groups excluding carboxylic acids is 1. The molecule has 0 radical (unpaired) electrons. The molecule has 3 N–H and O–H groups in total. The number of rotatable bonds is 11. The van der Waals surface area contributed by atoms with E-state index in [1.54, 1.807) is 6.20 Å². The van der Waals surface area contributed by atoms with Crippen molar-refractivity contribution in [2.75, 3.05) is 19.7 Å². The Morgan fingerprint density at radius 2 is 1.93 bits per heavy atom. The van der Waals surface area contributed by atoms with Gasteiger partial charge >= 0.3 is 0 Å². The van der Waals surface area contributed by atoms with Crippen LogP contribution in [0.4, 0.5) is 0 Å². The van der Waals surface area contributed by atoms with Crippen LogP contribution in [0.1, 0.15) is 74.9 Å². The zero-order valence-electron chi connectivity index (χ0n) is 18.4. The van der Waals surface area contributed by atoms with Crippen LogP contribution in [0.2, 0.25) is 0 Å². The minimum atomic E-state index is -0.599. The lowest BCUT2D eigenvalue weighted by atomic mass is 9.48. The van der Waals surface area contributed by atoms with Gasteiger partial charge in [-0.05, 0) is 74.5 Å². The van der Waals surface area contributed by atoms with E-state index in [1.807, 2.05) is 13.8 Å². The van der Waals surface area contributed by atoms with Crippen LogP contribution in [-0.4, -0.2) is 47.8 Å². The van der Waals surface area contributed by atoms with Gasteiger partial charge in [0.2, 0.25) is 0 Å². The summed E-state index contributed by atoms with van der Waals surface area (Å²) < 4.78 is 5.53. The third-order valence-electron chi connectivity index (χ3n) is 7.20. The van der Waals surface area contributed by atoms with Gasteiger partial charge in [0.25, 0.3) is 11.1 Å². The van der Waals surface area contributed by atoms with Crippen LogP contribution in [0.25, 0.3) is 0 Å².